The van der Waals surface area contributed by atoms with Gasteiger partial charge in [0.05, 0.1) is 23.6 Å². The number of unbranched alkanes of at least 4 members (excludes halogenated alkanes) is 1. The Morgan fingerprint density at radius 2 is 1.91 bits per heavy atom. The van der Waals surface area contributed by atoms with Crippen LogP contribution in [0.5, 0.6) is 5.75 Å². The fourth-order valence-electron chi connectivity index (χ4n) is 4.91. The Kier molecular flexibility index (Phi) is 7.46. The summed E-state index contributed by atoms with van der Waals surface area (Å²) in [7, 11) is 0. The molecule has 1 aromatic heterocycles. The fourth-order valence-corrected chi connectivity index (χ4v) is 4.91. The summed E-state index contributed by atoms with van der Waals surface area (Å²) in [5, 5.41) is 9.45. The maximum Gasteiger partial charge on any atom is 0.306 e. The molecule has 32 heavy (non-hydrogen) atoms. The van der Waals surface area contributed by atoms with Gasteiger partial charge in [0.2, 0.25) is 0 Å². The van der Waals surface area contributed by atoms with Gasteiger partial charge >= 0.3 is 5.97 Å². The number of hydrogen-bond acceptors (Lipinski definition) is 3. The van der Waals surface area contributed by atoms with E-state index in [9.17, 15) is 9.90 Å². The lowest BCUT2D eigenvalue weighted by Crippen LogP contribution is -2.28. The van der Waals surface area contributed by atoms with Gasteiger partial charge in [0.15, 0.2) is 0 Å². The summed E-state index contributed by atoms with van der Waals surface area (Å²) in [6.07, 6.45) is 8.05. The first-order valence-electron chi connectivity index (χ1n) is 12.0. The Morgan fingerprint density at radius 1 is 1.12 bits per heavy atom. The Morgan fingerprint density at radius 3 is 2.69 bits per heavy atom. The normalized spacial score (nSPS) is 18.7. The van der Waals surface area contributed by atoms with Crippen LogP contribution in [0.15, 0.2) is 48.5 Å². The minimum atomic E-state index is -0.649. The summed E-state index contributed by atoms with van der Waals surface area (Å²) in [4.78, 5) is 16.3. The molecule has 1 N–H and O–H groups in total. The zero-order chi connectivity index (χ0) is 22.3. The van der Waals surface area contributed by atoms with E-state index in [2.05, 4.69) is 41.8 Å². The molecule has 2 atom stereocenters. The number of imidazole rings is 1. The van der Waals surface area contributed by atoms with Gasteiger partial charge < -0.3 is 14.4 Å². The Hall–Kier alpha value is -2.82. The van der Waals surface area contributed by atoms with Gasteiger partial charge in [-0.05, 0) is 61.4 Å². The van der Waals surface area contributed by atoms with Crippen molar-refractivity contribution in [2.24, 2.45) is 11.8 Å². The van der Waals surface area contributed by atoms with E-state index in [1.165, 1.54) is 11.1 Å². The first-order valence-corrected chi connectivity index (χ1v) is 12.0. The maximum absolute atomic E-state index is 11.5. The quantitative estimate of drug-likeness (QED) is 0.419. The summed E-state index contributed by atoms with van der Waals surface area (Å²) < 4.78 is 8.29. The highest BCUT2D eigenvalue weighted by Gasteiger charge is 2.30. The van der Waals surface area contributed by atoms with Crippen LogP contribution in [0.2, 0.25) is 0 Å². The predicted octanol–water partition coefficient (Wildman–Crippen LogP) is 6.09. The van der Waals surface area contributed by atoms with E-state index in [1.54, 1.807) is 0 Å². The molecular weight excluding hydrogens is 400 g/mol. The molecule has 0 spiro atoms. The van der Waals surface area contributed by atoms with Crippen molar-refractivity contribution in [2.45, 2.75) is 64.8 Å². The number of carbonyl (C=O) groups is 1. The molecule has 0 amide bonds. The Labute approximate surface area is 190 Å². The number of carboxylic acids is 1. The largest absolute Gasteiger partial charge is 0.494 e. The molecule has 0 bridgehead atoms. The van der Waals surface area contributed by atoms with E-state index in [0.717, 1.165) is 75.0 Å². The van der Waals surface area contributed by atoms with E-state index in [0.29, 0.717) is 6.61 Å². The molecule has 1 saturated carbocycles. The second-order valence-electron chi connectivity index (χ2n) is 8.98. The van der Waals surface area contributed by atoms with Gasteiger partial charge in [0.25, 0.3) is 0 Å². The molecule has 2 aromatic carbocycles. The predicted molar refractivity (Wildman–Crippen MR) is 127 cm³/mol. The van der Waals surface area contributed by atoms with Crippen molar-refractivity contribution < 1.29 is 14.6 Å². The van der Waals surface area contributed by atoms with Gasteiger partial charge in [0.1, 0.15) is 11.6 Å². The number of fused-ring (bicyclic) bond motifs is 1. The smallest absolute Gasteiger partial charge is 0.306 e. The van der Waals surface area contributed by atoms with E-state index < -0.39 is 5.97 Å². The van der Waals surface area contributed by atoms with Crippen LogP contribution in [0.3, 0.4) is 0 Å². The Balaban J connectivity index is 1.37. The first-order chi connectivity index (χ1) is 15.7. The van der Waals surface area contributed by atoms with Gasteiger partial charge in [-0.2, -0.15) is 0 Å². The van der Waals surface area contributed by atoms with Crippen LogP contribution in [0, 0.1) is 11.8 Å². The van der Waals surface area contributed by atoms with E-state index >= 15 is 0 Å². The van der Waals surface area contributed by atoms with Crippen molar-refractivity contribution >= 4 is 17.0 Å². The third kappa shape index (κ3) is 5.32. The maximum atomic E-state index is 11.5. The van der Waals surface area contributed by atoms with Gasteiger partial charge in [0, 0.05) is 13.0 Å². The van der Waals surface area contributed by atoms with Crippen molar-refractivity contribution in [1.82, 2.24) is 9.55 Å². The highest BCUT2D eigenvalue weighted by molar-refractivity contribution is 5.76. The summed E-state index contributed by atoms with van der Waals surface area (Å²) in [6, 6.07) is 16.6. The zero-order valence-electron chi connectivity index (χ0n) is 19.0. The SMILES string of the molecule is CCCCc1nc2ccccc2n1Cc1ccc(OCCC2CCCCC2C(=O)O)cc1. The average Bonchev–Trinajstić information content (AvgIpc) is 3.16. The van der Waals surface area contributed by atoms with E-state index in [-0.39, 0.29) is 11.8 Å². The molecule has 2 unspecified atom stereocenters. The highest BCUT2D eigenvalue weighted by atomic mass is 16.5. The van der Waals surface area contributed by atoms with Gasteiger partial charge in [-0.15, -0.1) is 0 Å². The van der Waals surface area contributed by atoms with Crippen molar-refractivity contribution in [3.63, 3.8) is 0 Å². The Bertz CT molecular complexity index is 1030. The second-order valence-corrected chi connectivity index (χ2v) is 8.98. The topological polar surface area (TPSA) is 64.4 Å². The van der Waals surface area contributed by atoms with Crippen LogP contribution in [0.4, 0.5) is 0 Å². The molecule has 170 valence electrons. The molecule has 1 aliphatic rings. The van der Waals surface area contributed by atoms with Crippen molar-refractivity contribution in [2.75, 3.05) is 6.61 Å². The molecule has 4 rings (SSSR count). The molecule has 1 aliphatic carbocycles. The highest BCUT2D eigenvalue weighted by Crippen LogP contribution is 2.32. The molecule has 0 radical (unpaired) electrons. The molecule has 3 aromatic rings. The monoisotopic (exact) mass is 434 g/mol. The summed E-state index contributed by atoms with van der Waals surface area (Å²) in [6.45, 7) is 3.57. The standard InChI is InChI=1S/C27H34N2O3/c1-2-3-12-26-28-24-10-6-7-11-25(24)29(26)19-20-13-15-22(16-14-20)32-18-17-21-8-4-5-9-23(21)27(30)31/h6-7,10-11,13-16,21,23H,2-5,8-9,12,17-19H2,1H3,(H,30,31). The third-order valence-corrected chi connectivity index (χ3v) is 6.74. The number of nitrogens with zero attached hydrogens (tertiary/aromatic N) is 2. The number of aliphatic carboxylic acids is 1. The number of rotatable bonds is 10. The van der Waals surface area contributed by atoms with Crippen LogP contribution < -0.4 is 4.74 Å². The molecular formula is C27H34N2O3. The number of benzene rings is 2. The molecule has 0 saturated heterocycles. The van der Waals surface area contributed by atoms with Gasteiger partial charge in [-0.1, -0.05) is 50.5 Å². The van der Waals surface area contributed by atoms with Crippen LogP contribution in [-0.4, -0.2) is 27.2 Å². The number of ether oxygens (including phenoxy) is 1. The van der Waals surface area contributed by atoms with Crippen molar-refractivity contribution in [3.8, 4) is 5.75 Å². The number of carboxylic acid groups (broad SMARTS) is 1. The van der Waals surface area contributed by atoms with E-state index in [1.807, 2.05) is 18.2 Å². The van der Waals surface area contributed by atoms with Crippen molar-refractivity contribution in [1.29, 1.82) is 0 Å². The summed E-state index contributed by atoms with van der Waals surface area (Å²) in [5.41, 5.74) is 3.46. The number of aryl methyl sites for hydroxylation is 1. The summed E-state index contributed by atoms with van der Waals surface area (Å²) >= 11 is 0. The molecule has 1 heterocycles. The van der Waals surface area contributed by atoms with Gasteiger partial charge in [-0.3, -0.25) is 4.79 Å². The van der Waals surface area contributed by atoms with Crippen molar-refractivity contribution in [3.05, 3.63) is 59.9 Å². The zero-order valence-corrected chi connectivity index (χ0v) is 19.0. The van der Waals surface area contributed by atoms with Gasteiger partial charge in [-0.25, -0.2) is 4.98 Å². The van der Waals surface area contributed by atoms with Crippen LogP contribution in [0.25, 0.3) is 11.0 Å². The minimum absolute atomic E-state index is 0.207. The lowest BCUT2D eigenvalue weighted by atomic mass is 9.78. The lowest BCUT2D eigenvalue weighted by molar-refractivity contribution is -0.145. The molecule has 5 nitrogen and oxygen atoms in total. The summed E-state index contributed by atoms with van der Waals surface area (Å²) in [5.74, 6) is 1.37. The fraction of sp³-hybridized carbons (Fsp3) is 0.481. The molecule has 1 fully saturated rings. The number of hydrogen-bond donors (Lipinski definition) is 1. The molecule has 0 aliphatic heterocycles. The third-order valence-electron chi connectivity index (χ3n) is 6.74. The molecule has 5 heteroatoms. The minimum Gasteiger partial charge on any atom is -0.494 e. The van der Waals surface area contributed by atoms with Crippen LogP contribution >= 0.6 is 0 Å². The van der Waals surface area contributed by atoms with Crippen LogP contribution in [-0.2, 0) is 17.8 Å². The first kappa shape index (κ1) is 22.4. The lowest BCUT2D eigenvalue weighted by Gasteiger charge is -2.28. The van der Waals surface area contributed by atoms with Crippen LogP contribution in [0.1, 0.15) is 63.3 Å². The van der Waals surface area contributed by atoms with E-state index in [4.69, 9.17) is 9.72 Å². The average molecular weight is 435 g/mol. The second kappa shape index (κ2) is 10.7. The number of aromatic nitrogens is 2. The number of para-hydroxylation sites is 2.